The van der Waals surface area contributed by atoms with Gasteiger partial charge in [0.25, 0.3) is 0 Å². The van der Waals surface area contributed by atoms with Crippen LogP contribution in [0, 0.1) is 5.41 Å². The van der Waals surface area contributed by atoms with E-state index in [1.165, 1.54) is 16.6 Å². The van der Waals surface area contributed by atoms with Crippen LogP contribution in [-0.2, 0) is 19.9 Å². The summed E-state index contributed by atoms with van der Waals surface area (Å²) in [5, 5.41) is 8.08. The maximum atomic E-state index is 4.58. The molecule has 0 radical (unpaired) electrons. The molecular weight excluding hydrogens is 302 g/mol. The van der Waals surface area contributed by atoms with Crippen LogP contribution in [0.3, 0.4) is 0 Å². The van der Waals surface area contributed by atoms with E-state index in [0.29, 0.717) is 6.04 Å². The van der Waals surface area contributed by atoms with Gasteiger partial charge in [0.15, 0.2) is 0 Å². The van der Waals surface area contributed by atoms with Gasteiger partial charge in [0.1, 0.15) is 0 Å². The summed E-state index contributed by atoms with van der Waals surface area (Å²) in [6.45, 7) is 12.3. The molecule has 1 heterocycles. The molecule has 19 heavy (non-hydrogen) atoms. The predicted octanol–water partition coefficient (Wildman–Crippen LogP) is 3.70. The second-order valence-corrected chi connectivity index (χ2v) is 6.98. The molecule has 0 amide bonds. The third-order valence-electron chi connectivity index (χ3n) is 3.56. The van der Waals surface area contributed by atoms with E-state index >= 15 is 0 Å². The number of nitrogens with one attached hydrogen (secondary N) is 1. The van der Waals surface area contributed by atoms with E-state index in [4.69, 9.17) is 0 Å². The zero-order chi connectivity index (χ0) is 14.6. The second kappa shape index (κ2) is 6.89. The molecule has 1 rings (SSSR count). The molecule has 1 aromatic rings. The summed E-state index contributed by atoms with van der Waals surface area (Å²) in [7, 11) is 2.04. The molecule has 0 aliphatic carbocycles. The van der Waals surface area contributed by atoms with E-state index in [-0.39, 0.29) is 5.41 Å². The first-order valence-electron chi connectivity index (χ1n) is 7.24. The lowest BCUT2D eigenvalue weighted by atomic mass is 9.81. The smallest absolute Gasteiger partial charge is 0.0766 e. The minimum absolute atomic E-state index is 0.267. The van der Waals surface area contributed by atoms with Crippen LogP contribution in [0.15, 0.2) is 4.47 Å². The zero-order valence-corrected chi connectivity index (χ0v) is 14.8. The molecule has 110 valence electrons. The fourth-order valence-corrected chi connectivity index (χ4v) is 3.54. The summed E-state index contributed by atoms with van der Waals surface area (Å²) in [6.07, 6.45) is 3.19. The van der Waals surface area contributed by atoms with Gasteiger partial charge in [-0.15, -0.1) is 0 Å². The number of nitrogens with zero attached hydrogens (tertiary/aromatic N) is 2. The maximum Gasteiger partial charge on any atom is 0.0766 e. The van der Waals surface area contributed by atoms with Crippen LogP contribution in [0.4, 0.5) is 0 Å². The van der Waals surface area contributed by atoms with Gasteiger partial charge in [-0.3, -0.25) is 4.68 Å². The van der Waals surface area contributed by atoms with Gasteiger partial charge in [-0.05, 0) is 54.1 Å². The summed E-state index contributed by atoms with van der Waals surface area (Å²) in [5.74, 6) is 0. The molecule has 0 fully saturated rings. The van der Waals surface area contributed by atoms with E-state index < -0.39 is 0 Å². The van der Waals surface area contributed by atoms with Gasteiger partial charge in [-0.2, -0.15) is 5.10 Å². The molecular formula is C15H28BrN3. The third kappa shape index (κ3) is 4.60. The Morgan fingerprint density at radius 2 is 2.00 bits per heavy atom. The quantitative estimate of drug-likeness (QED) is 0.826. The fraction of sp³-hybridized carbons (Fsp3) is 0.800. The summed E-state index contributed by atoms with van der Waals surface area (Å²) >= 11 is 3.71. The fourth-order valence-electron chi connectivity index (χ4n) is 2.79. The van der Waals surface area contributed by atoms with Crippen molar-refractivity contribution in [2.75, 3.05) is 6.54 Å². The van der Waals surface area contributed by atoms with Gasteiger partial charge >= 0.3 is 0 Å². The number of rotatable bonds is 7. The highest BCUT2D eigenvalue weighted by atomic mass is 79.9. The molecule has 1 aromatic heterocycles. The summed E-state index contributed by atoms with van der Waals surface area (Å²) in [5.41, 5.74) is 2.74. The van der Waals surface area contributed by atoms with Crippen molar-refractivity contribution in [3.63, 3.8) is 0 Å². The highest BCUT2D eigenvalue weighted by Crippen LogP contribution is 2.32. The van der Waals surface area contributed by atoms with E-state index in [1.807, 2.05) is 11.7 Å². The van der Waals surface area contributed by atoms with Gasteiger partial charge in [0.2, 0.25) is 0 Å². The van der Waals surface area contributed by atoms with Crippen molar-refractivity contribution < 1.29 is 0 Å². The monoisotopic (exact) mass is 329 g/mol. The van der Waals surface area contributed by atoms with Gasteiger partial charge in [0.05, 0.1) is 15.9 Å². The van der Waals surface area contributed by atoms with E-state index in [9.17, 15) is 0 Å². The lowest BCUT2D eigenvalue weighted by Crippen LogP contribution is -2.32. The summed E-state index contributed by atoms with van der Waals surface area (Å²) in [4.78, 5) is 0. The first-order valence-corrected chi connectivity index (χ1v) is 8.03. The van der Waals surface area contributed by atoms with Crippen molar-refractivity contribution in [1.29, 1.82) is 0 Å². The zero-order valence-electron chi connectivity index (χ0n) is 13.2. The molecule has 1 N–H and O–H groups in total. The van der Waals surface area contributed by atoms with Gasteiger partial charge < -0.3 is 5.32 Å². The molecule has 0 aliphatic rings. The molecule has 0 aromatic carbocycles. The van der Waals surface area contributed by atoms with E-state index in [0.717, 1.165) is 25.1 Å². The van der Waals surface area contributed by atoms with Crippen molar-refractivity contribution in [2.45, 2.75) is 59.9 Å². The lowest BCUT2D eigenvalue weighted by Gasteiger charge is -2.28. The predicted molar refractivity (Wildman–Crippen MR) is 85.5 cm³/mol. The Morgan fingerprint density at radius 1 is 1.37 bits per heavy atom. The van der Waals surface area contributed by atoms with Crippen LogP contribution < -0.4 is 5.32 Å². The van der Waals surface area contributed by atoms with Gasteiger partial charge in [-0.1, -0.05) is 27.7 Å². The normalized spacial score (nSPS) is 13.8. The number of hydrogen-bond donors (Lipinski definition) is 1. The standard InChI is InChI=1S/C15H28BrN3/c1-7-12-14(16)13(19(6)18-12)10-15(4,5)9-11(3)17-8-2/h11,17H,7-10H2,1-6H3. The van der Waals surface area contributed by atoms with Gasteiger partial charge in [-0.25, -0.2) is 0 Å². The number of aryl methyl sites for hydroxylation is 2. The number of aromatic nitrogens is 2. The van der Waals surface area contributed by atoms with Gasteiger partial charge in [0, 0.05) is 13.1 Å². The third-order valence-corrected chi connectivity index (χ3v) is 4.48. The van der Waals surface area contributed by atoms with E-state index in [2.05, 4.69) is 61.0 Å². The molecule has 0 spiro atoms. The minimum Gasteiger partial charge on any atom is -0.315 e. The molecule has 0 bridgehead atoms. The van der Waals surface area contributed by atoms with Crippen LogP contribution in [0.2, 0.25) is 0 Å². The Hall–Kier alpha value is -0.350. The molecule has 0 aliphatic heterocycles. The van der Waals surface area contributed by atoms with Crippen molar-refractivity contribution in [3.8, 4) is 0 Å². The maximum absolute atomic E-state index is 4.58. The Morgan fingerprint density at radius 3 is 2.47 bits per heavy atom. The lowest BCUT2D eigenvalue weighted by molar-refractivity contribution is 0.282. The topological polar surface area (TPSA) is 29.9 Å². The Balaban J connectivity index is 2.80. The van der Waals surface area contributed by atoms with E-state index in [1.54, 1.807) is 0 Å². The second-order valence-electron chi connectivity index (χ2n) is 6.19. The Bertz CT molecular complexity index is 410. The molecule has 4 heteroatoms. The average Bonchev–Trinajstić information content (AvgIpc) is 2.55. The molecule has 1 atom stereocenters. The molecule has 1 unspecified atom stereocenters. The SMILES string of the molecule is CCNC(C)CC(C)(C)Cc1c(Br)c(CC)nn1C. The first-order chi connectivity index (χ1) is 8.80. The highest BCUT2D eigenvalue weighted by molar-refractivity contribution is 9.10. The largest absolute Gasteiger partial charge is 0.315 e. The Labute approximate surface area is 126 Å². The number of halogens is 1. The first kappa shape index (κ1) is 16.7. The highest BCUT2D eigenvalue weighted by Gasteiger charge is 2.25. The van der Waals surface area contributed by atoms with Crippen LogP contribution in [0.5, 0.6) is 0 Å². The molecule has 0 saturated heterocycles. The van der Waals surface area contributed by atoms with Crippen LogP contribution >= 0.6 is 15.9 Å². The van der Waals surface area contributed by atoms with Crippen molar-refractivity contribution in [3.05, 3.63) is 15.9 Å². The van der Waals surface area contributed by atoms with Crippen LogP contribution in [0.25, 0.3) is 0 Å². The molecule has 3 nitrogen and oxygen atoms in total. The minimum atomic E-state index is 0.267. The Kier molecular flexibility index (Phi) is 6.06. The van der Waals surface area contributed by atoms with Crippen LogP contribution in [-0.4, -0.2) is 22.4 Å². The number of hydrogen-bond acceptors (Lipinski definition) is 2. The summed E-state index contributed by atoms with van der Waals surface area (Å²) < 4.78 is 3.23. The van der Waals surface area contributed by atoms with Crippen molar-refractivity contribution >= 4 is 15.9 Å². The molecule has 0 saturated carbocycles. The summed E-state index contributed by atoms with van der Waals surface area (Å²) in [6, 6.07) is 0.553. The van der Waals surface area contributed by atoms with Crippen molar-refractivity contribution in [1.82, 2.24) is 15.1 Å². The van der Waals surface area contributed by atoms with Crippen molar-refractivity contribution in [2.24, 2.45) is 12.5 Å². The van der Waals surface area contributed by atoms with Crippen LogP contribution in [0.1, 0.15) is 52.4 Å². The average molecular weight is 330 g/mol.